The van der Waals surface area contributed by atoms with Crippen LogP contribution < -0.4 is 5.32 Å². The third kappa shape index (κ3) is 2.81. The SMILES string of the molecule is CCn1cc(C(C)Nc2cccc(F)n2)cn1. The van der Waals surface area contributed by atoms with Crippen molar-refractivity contribution in [2.45, 2.75) is 26.4 Å². The van der Waals surface area contributed by atoms with E-state index in [1.807, 2.05) is 24.7 Å². The molecule has 1 N–H and O–H groups in total. The second-order valence-corrected chi connectivity index (χ2v) is 3.84. The molecule has 1 atom stereocenters. The molecular weight excluding hydrogens is 219 g/mol. The minimum atomic E-state index is -0.480. The van der Waals surface area contributed by atoms with E-state index in [9.17, 15) is 4.39 Å². The Morgan fingerprint density at radius 1 is 1.47 bits per heavy atom. The summed E-state index contributed by atoms with van der Waals surface area (Å²) in [5, 5.41) is 7.33. The van der Waals surface area contributed by atoms with Crippen molar-refractivity contribution in [2.75, 3.05) is 5.32 Å². The Morgan fingerprint density at radius 3 is 2.94 bits per heavy atom. The van der Waals surface area contributed by atoms with E-state index in [0.29, 0.717) is 5.82 Å². The Kier molecular flexibility index (Phi) is 3.37. The zero-order chi connectivity index (χ0) is 12.3. The lowest BCUT2D eigenvalue weighted by molar-refractivity contribution is 0.584. The molecule has 2 aromatic rings. The fourth-order valence-corrected chi connectivity index (χ4v) is 1.57. The number of halogens is 1. The van der Waals surface area contributed by atoms with Crippen LogP contribution >= 0.6 is 0 Å². The zero-order valence-electron chi connectivity index (χ0n) is 9.89. The van der Waals surface area contributed by atoms with Crippen LogP contribution in [0.5, 0.6) is 0 Å². The first-order valence-electron chi connectivity index (χ1n) is 5.60. The molecule has 2 aromatic heterocycles. The van der Waals surface area contributed by atoms with Crippen molar-refractivity contribution in [2.24, 2.45) is 0 Å². The quantitative estimate of drug-likeness (QED) is 0.827. The zero-order valence-corrected chi connectivity index (χ0v) is 9.89. The molecule has 4 nitrogen and oxygen atoms in total. The van der Waals surface area contributed by atoms with Gasteiger partial charge in [0.15, 0.2) is 0 Å². The van der Waals surface area contributed by atoms with E-state index >= 15 is 0 Å². The number of rotatable bonds is 4. The second kappa shape index (κ2) is 4.95. The molecule has 0 aliphatic carbocycles. The van der Waals surface area contributed by atoms with Crippen molar-refractivity contribution < 1.29 is 4.39 Å². The molecule has 0 aliphatic heterocycles. The molecule has 2 heterocycles. The van der Waals surface area contributed by atoms with Crippen molar-refractivity contribution in [3.8, 4) is 0 Å². The Balaban J connectivity index is 2.08. The molecule has 17 heavy (non-hydrogen) atoms. The van der Waals surface area contributed by atoms with E-state index in [0.717, 1.165) is 12.1 Å². The fraction of sp³-hybridized carbons (Fsp3) is 0.333. The van der Waals surface area contributed by atoms with Crippen molar-refractivity contribution >= 4 is 5.82 Å². The van der Waals surface area contributed by atoms with Gasteiger partial charge in [-0.3, -0.25) is 4.68 Å². The Labute approximate surface area is 99.5 Å². The van der Waals surface area contributed by atoms with Gasteiger partial charge in [-0.25, -0.2) is 4.98 Å². The molecule has 2 rings (SSSR count). The molecule has 0 saturated carbocycles. The molecule has 0 saturated heterocycles. The van der Waals surface area contributed by atoms with Gasteiger partial charge in [0.25, 0.3) is 0 Å². The number of aromatic nitrogens is 3. The number of pyridine rings is 1. The molecule has 0 radical (unpaired) electrons. The fourth-order valence-electron chi connectivity index (χ4n) is 1.57. The van der Waals surface area contributed by atoms with Crippen molar-refractivity contribution in [1.82, 2.24) is 14.8 Å². The largest absolute Gasteiger partial charge is 0.363 e. The highest BCUT2D eigenvalue weighted by Gasteiger charge is 2.08. The summed E-state index contributed by atoms with van der Waals surface area (Å²) in [6.45, 7) is 4.86. The van der Waals surface area contributed by atoms with Gasteiger partial charge in [0.2, 0.25) is 5.95 Å². The number of anilines is 1. The summed E-state index contributed by atoms with van der Waals surface area (Å²) in [5.74, 6) is 0.0493. The van der Waals surface area contributed by atoms with Gasteiger partial charge in [0, 0.05) is 18.3 Å². The summed E-state index contributed by atoms with van der Waals surface area (Å²) < 4.78 is 14.8. The topological polar surface area (TPSA) is 42.7 Å². The van der Waals surface area contributed by atoms with Gasteiger partial charge in [-0.1, -0.05) is 6.07 Å². The van der Waals surface area contributed by atoms with Gasteiger partial charge < -0.3 is 5.32 Å². The summed E-state index contributed by atoms with van der Waals surface area (Å²) in [4.78, 5) is 3.76. The first-order valence-corrected chi connectivity index (χ1v) is 5.60. The number of nitrogens with one attached hydrogen (secondary N) is 1. The minimum absolute atomic E-state index is 0.0459. The van der Waals surface area contributed by atoms with E-state index in [-0.39, 0.29) is 6.04 Å². The number of hydrogen-bond donors (Lipinski definition) is 1. The van der Waals surface area contributed by atoms with Crippen molar-refractivity contribution in [3.63, 3.8) is 0 Å². The number of aryl methyl sites for hydroxylation is 1. The molecule has 5 heteroatoms. The van der Waals surface area contributed by atoms with Gasteiger partial charge in [-0.15, -0.1) is 0 Å². The normalized spacial score (nSPS) is 12.4. The third-order valence-electron chi connectivity index (χ3n) is 2.56. The molecule has 0 aromatic carbocycles. The van der Waals surface area contributed by atoms with Crippen LogP contribution in [0.3, 0.4) is 0 Å². The van der Waals surface area contributed by atoms with Crippen LogP contribution in [0.4, 0.5) is 10.2 Å². The highest BCUT2D eigenvalue weighted by molar-refractivity contribution is 5.36. The molecule has 1 unspecified atom stereocenters. The predicted molar refractivity (Wildman–Crippen MR) is 64.1 cm³/mol. The van der Waals surface area contributed by atoms with Crippen LogP contribution in [-0.4, -0.2) is 14.8 Å². The lowest BCUT2D eigenvalue weighted by Gasteiger charge is -2.12. The average molecular weight is 234 g/mol. The maximum absolute atomic E-state index is 12.9. The summed E-state index contributed by atoms with van der Waals surface area (Å²) in [7, 11) is 0. The van der Waals surface area contributed by atoms with Gasteiger partial charge in [0.05, 0.1) is 12.2 Å². The molecule has 0 bridgehead atoms. The second-order valence-electron chi connectivity index (χ2n) is 3.84. The molecule has 0 spiro atoms. The monoisotopic (exact) mass is 234 g/mol. The third-order valence-corrected chi connectivity index (χ3v) is 2.56. The molecular formula is C12H15FN4. The van der Waals surface area contributed by atoms with Crippen LogP contribution in [0.25, 0.3) is 0 Å². The number of nitrogens with zero attached hydrogens (tertiary/aromatic N) is 3. The van der Waals surface area contributed by atoms with E-state index in [1.165, 1.54) is 6.07 Å². The Bertz CT molecular complexity index is 495. The maximum Gasteiger partial charge on any atom is 0.214 e. The van der Waals surface area contributed by atoms with Crippen LogP contribution in [-0.2, 0) is 6.54 Å². The molecule has 0 fully saturated rings. The highest BCUT2D eigenvalue weighted by Crippen LogP contribution is 2.17. The highest BCUT2D eigenvalue weighted by atomic mass is 19.1. The Hall–Kier alpha value is -1.91. The van der Waals surface area contributed by atoms with E-state index < -0.39 is 5.95 Å². The standard InChI is InChI=1S/C12H15FN4/c1-3-17-8-10(7-14-17)9(2)15-12-6-4-5-11(13)16-12/h4-9H,3H2,1-2H3,(H,15,16). The van der Waals surface area contributed by atoms with Gasteiger partial charge in [-0.2, -0.15) is 9.49 Å². The molecule has 0 aliphatic rings. The van der Waals surface area contributed by atoms with Crippen LogP contribution in [0.15, 0.2) is 30.6 Å². The summed E-state index contributed by atoms with van der Waals surface area (Å²) >= 11 is 0. The van der Waals surface area contributed by atoms with Crippen LogP contribution in [0.2, 0.25) is 0 Å². The van der Waals surface area contributed by atoms with Crippen LogP contribution in [0.1, 0.15) is 25.5 Å². The predicted octanol–water partition coefficient (Wildman–Crippen LogP) is 2.61. The minimum Gasteiger partial charge on any atom is -0.363 e. The van der Waals surface area contributed by atoms with E-state index in [1.54, 1.807) is 18.3 Å². The van der Waals surface area contributed by atoms with Crippen molar-refractivity contribution in [3.05, 3.63) is 42.1 Å². The molecule has 90 valence electrons. The van der Waals surface area contributed by atoms with Crippen molar-refractivity contribution in [1.29, 1.82) is 0 Å². The lowest BCUT2D eigenvalue weighted by atomic mass is 10.2. The molecule has 0 amide bonds. The summed E-state index contributed by atoms with van der Waals surface area (Å²) in [5.41, 5.74) is 1.05. The Morgan fingerprint density at radius 2 is 2.29 bits per heavy atom. The lowest BCUT2D eigenvalue weighted by Crippen LogP contribution is -2.07. The van der Waals surface area contributed by atoms with Gasteiger partial charge in [0.1, 0.15) is 5.82 Å². The van der Waals surface area contributed by atoms with Crippen LogP contribution in [0, 0.1) is 5.95 Å². The summed E-state index contributed by atoms with van der Waals surface area (Å²) in [6, 6.07) is 4.74. The first kappa shape index (κ1) is 11.6. The summed E-state index contributed by atoms with van der Waals surface area (Å²) in [6.07, 6.45) is 3.78. The number of hydrogen-bond acceptors (Lipinski definition) is 3. The maximum atomic E-state index is 12.9. The first-order chi connectivity index (χ1) is 8.19. The van der Waals surface area contributed by atoms with E-state index in [2.05, 4.69) is 15.4 Å². The smallest absolute Gasteiger partial charge is 0.214 e. The average Bonchev–Trinajstić information content (AvgIpc) is 2.77. The van der Waals surface area contributed by atoms with Gasteiger partial charge in [-0.05, 0) is 26.0 Å². The van der Waals surface area contributed by atoms with E-state index in [4.69, 9.17) is 0 Å². The van der Waals surface area contributed by atoms with Gasteiger partial charge >= 0.3 is 0 Å².